The number of nitrogens with one attached hydrogen (secondary N) is 1. The average molecular weight is 395 g/mol. The SMILES string of the molecule is COCCCNC(=O)CCN(c1nc(Cc2ccc(F)cc2)ns1)C(C)C. The van der Waals surface area contributed by atoms with Crippen molar-refractivity contribution in [2.24, 2.45) is 0 Å². The summed E-state index contributed by atoms with van der Waals surface area (Å²) in [4.78, 5) is 18.7. The average Bonchev–Trinajstić information content (AvgIpc) is 3.09. The molecule has 8 heteroatoms. The molecule has 2 rings (SSSR count). The Morgan fingerprint density at radius 3 is 2.74 bits per heavy atom. The number of anilines is 1. The minimum Gasteiger partial charge on any atom is -0.385 e. The molecular weight excluding hydrogens is 367 g/mol. The monoisotopic (exact) mass is 394 g/mol. The van der Waals surface area contributed by atoms with Gasteiger partial charge in [0.2, 0.25) is 11.0 Å². The van der Waals surface area contributed by atoms with Gasteiger partial charge in [0, 0.05) is 57.2 Å². The van der Waals surface area contributed by atoms with Crippen molar-refractivity contribution in [3.63, 3.8) is 0 Å². The smallest absolute Gasteiger partial charge is 0.221 e. The molecule has 0 unspecified atom stereocenters. The molecule has 0 aliphatic rings. The Kier molecular flexibility index (Phi) is 8.60. The summed E-state index contributed by atoms with van der Waals surface area (Å²) in [6, 6.07) is 6.56. The molecule has 2 aromatic rings. The molecular formula is C19H27FN4O2S. The van der Waals surface area contributed by atoms with Crippen molar-refractivity contribution < 1.29 is 13.9 Å². The van der Waals surface area contributed by atoms with Crippen LogP contribution in [0, 0.1) is 5.82 Å². The van der Waals surface area contributed by atoms with Crippen LogP contribution in [0.4, 0.5) is 9.52 Å². The first kappa shape index (κ1) is 21.2. The number of aromatic nitrogens is 2. The summed E-state index contributed by atoms with van der Waals surface area (Å²) in [5.74, 6) is 0.473. The second-order valence-electron chi connectivity index (χ2n) is 6.53. The third kappa shape index (κ3) is 7.22. The van der Waals surface area contributed by atoms with Crippen LogP contribution in [0.5, 0.6) is 0 Å². The Labute approximate surface area is 163 Å². The van der Waals surface area contributed by atoms with E-state index in [2.05, 4.69) is 33.4 Å². The molecule has 0 saturated heterocycles. The fraction of sp³-hybridized carbons (Fsp3) is 0.526. The molecule has 0 bridgehead atoms. The van der Waals surface area contributed by atoms with Crippen molar-refractivity contribution in [2.75, 3.05) is 31.7 Å². The van der Waals surface area contributed by atoms with E-state index in [0.717, 1.165) is 17.1 Å². The standard InChI is InChI=1S/C19H27FN4O2S/c1-14(2)24(11-9-18(25)21-10-4-12-26-3)19-22-17(23-27-19)13-15-5-7-16(20)8-6-15/h5-8,14H,4,9-13H2,1-3H3,(H,21,25). The van der Waals surface area contributed by atoms with E-state index in [4.69, 9.17) is 4.74 Å². The highest BCUT2D eigenvalue weighted by Gasteiger charge is 2.17. The van der Waals surface area contributed by atoms with Gasteiger partial charge in [-0.2, -0.15) is 4.37 Å². The Bertz CT molecular complexity index is 706. The van der Waals surface area contributed by atoms with Crippen molar-refractivity contribution >= 4 is 22.6 Å². The van der Waals surface area contributed by atoms with E-state index < -0.39 is 0 Å². The van der Waals surface area contributed by atoms with Crippen LogP contribution < -0.4 is 10.2 Å². The van der Waals surface area contributed by atoms with Gasteiger partial charge in [0.25, 0.3) is 0 Å². The van der Waals surface area contributed by atoms with Gasteiger partial charge in [-0.15, -0.1) is 0 Å². The van der Waals surface area contributed by atoms with E-state index in [1.165, 1.54) is 23.7 Å². The summed E-state index contributed by atoms with van der Waals surface area (Å²) >= 11 is 1.33. The fourth-order valence-electron chi connectivity index (χ4n) is 2.55. The van der Waals surface area contributed by atoms with Crippen LogP contribution >= 0.6 is 11.5 Å². The maximum atomic E-state index is 13.0. The molecule has 1 aromatic carbocycles. The maximum absolute atomic E-state index is 13.0. The van der Waals surface area contributed by atoms with Gasteiger partial charge < -0.3 is 15.0 Å². The first-order valence-electron chi connectivity index (χ1n) is 9.09. The number of carbonyl (C=O) groups is 1. The molecule has 0 aliphatic heterocycles. The summed E-state index contributed by atoms with van der Waals surface area (Å²) in [6.45, 7) is 5.98. The van der Waals surface area contributed by atoms with Gasteiger partial charge in [0.15, 0.2) is 0 Å². The van der Waals surface area contributed by atoms with Crippen LogP contribution in [-0.2, 0) is 16.0 Å². The van der Waals surface area contributed by atoms with E-state index in [-0.39, 0.29) is 17.8 Å². The zero-order valence-corrected chi connectivity index (χ0v) is 16.9. The predicted octanol–water partition coefficient (Wildman–Crippen LogP) is 3.03. The number of amides is 1. The van der Waals surface area contributed by atoms with Gasteiger partial charge in [-0.3, -0.25) is 4.79 Å². The van der Waals surface area contributed by atoms with Crippen LogP contribution in [-0.4, -0.2) is 48.1 Å². The lowest BCUT2D eigenvalue weighted by Crippen LogP contribution is -2.35. The van der Waals surface area contributed by atoms with Gasteiger partial charge in [-0.1, -0.05) is 12.1 Å². The molecule has 1 amide bonds. The van der Waals surface area contributed by atoms with Crippen LogP contribution in [0.2, 0.25) is 0 Å². The highest BCUT2D eigenvalue weighted by Crippen LogP contribution is 2.21. The van der Waals surface area contributed by atoms with Crippen molar-refractivity contribution in [3.8, 4) is 0 Å². The van der Waals surface area contributed by atoms with Crippen LogP contribution in [0.3, 0.4) is 0 Å². The van der Waals surface area contributed by atoms with Crippen molar-refractivity contribution in [1.82, 2.24) is 14.7 Å². The van der Waals surface area contributed by atoms with Gasteiger partial charge >= 0.3 is 0 Å². The van der Waals surface area contributed by atoms with E-state index >= 15 is 0 Å². The Hall–Kier alpha value is -2.06. The second kappa shape index (κ2) is 10.9. The van der Waals surface area contributed by atoms with Crippen LogP contribution in [0.15, 0.2) is 24.3 Å². The number of ether oxygens (including phenoxy) is 1. The topological polar surface area (TPSA) is 67.3 Å². The summed E-state index contributed by atoms with van der Waals surface area (Å²) in [6.07, 6.45) is 1.76. The van der Waals surface area contributed by atoms with Crippen molar-refractivity contribution in [2.45, 2.75) is 39.2 Å². The quantitative estimate of drug-likeness (QED) is 0.594. The predicted molar refractivity (Wildman–Crippen MR) is 106 cm³/mol. The summed E-state index contributed by atoms with van der Waals surface area (Å²) in [5.41, 5.74) is 0.965. The number of hydrogen-bond acceptors (Lipinski definition) is 6. The summed E-state index contributed by atoms with van der Waals surface area (Å²) in [7, 11) is 1.65. The lowest BCUT2D eigenvalue weighted by Gasteiger charge is -2.25. The zero-order chi connectivity index (χ0) is 19.6. The normalized spacial score (nSPS) is 11.0. The first-order valence-corrected chi connectivity index (χ1v) is 9.86. The molecule has 0 spiro atoms. The summed E-state index contributed by atoms with van der Waals surface area (Å²) < 4.78 is 22.4. The van der Waals surface area contributed by atoms with Gasteiger partial charge in [-0.05, 0) is 38.0 Å². The lowest BCUT2D eigenvalue weighted by atomic mass is 10.1. The third-order valence-corrected chi connectivity index (χ3v) is 4.82. The molecule has 27 heavy (non-hydrogen) atoms. The molecule has 0 radical (unpaired) electrons. The molecule has 0 aliphatic carbocycles. The molecule has 148 valence electrons. The molecule has 1 aromatic heterocycles. The van der Waals surface area contributed by atoms with Gasteiger partial charge in [-0.25, -0.2) is 9.37 Å². The van der Waals surface area contributed by atoms with Crippen molar-refractivity contribution in [1.29, 1.82) is 0 Å². The second-order valence-corrected chi connectivity index (χ2v) is 7.26. The first-order chi connectivity index (χ1) is 13.0. The molecule has 6 nitrogen and oxygen atoms in total. The van der Waals surface area contributed by atoms with Crippen LogP contribution in [0.1, 0.15) is 38.1 Å². The Morgan fingerprint density at radius 2 is 2.07 bits per heavy atom. The molecule has 0 fully saturated rings. The highest BCUT2D eigenvalue weighted by atomic mass is 32.1. The van der Waals surface area contributed by atoms with Gasteiger partial charge in [0.05, 0.1) is 0 Å². The number of nitrogens with zero attached hydrogens (tertiary/aromatic N) is 3. The zero-order valence-electron chi connectivity index (χ0n) is 16.1. The fourth-order valence-corrected chi connectivity index (χ4v) is 3.39. The number of methoxy groups -OCH3 is 1. The number of rotatable bonds is 11. The van der Waals surface area contributed by atoms with Gasteiger partial charge in [0.1, 0.15) is 11.6 Å². The Balaban J connectivity index is 1.89. The third-order valence-electron chi connectivity index (χ3n) is 4.03. The van der Waals surface area contributed by atoms with E-state index in [0.29, 0.717) is 38.4 Å². The molecule has 1 N–H and O–H groups in total. The molecule has 0 atom stereocenters. The Morgan fingerprint density at radius 1 is 1.33 bits per heavy atom. The number of halogens is 1. The minimum absolute atomic E-state index is 0.0211. The van der Waals surface area contributed by atoms with E-state index in [9.17, 15) is 9.18 Å². The largest absolute Gasteiger partial charge is 0.385 e. The summed E-state index contributed by atoms with van der Waals surface area (Å²) in [5, 5.41) is 3.70. The van der Waals surface area contributed by atoms with Crippen LogP contribution in [0.25, 0.3) is 0 Å². The maximum Gasteiger partial charge on any atom is 0.221 e. The van der Waals surface area contributed by atoms with E-state index in [1.807, 2.05) is 0 Å². The minimum atomic E-state index is -0.253. The van der Waals surface area contributed by atoms with E-state index in [1.54, 1.807) is 19.2 Å². The molecule has 1 heterocycles. The number of hydrogen-bond donors (Lipinski definition) is 1. The molecule has 0 saturated carbocycles. The van der Waals surface area contributed by atoms with Crippen molar-refractivity contribution in [3.05, 3.63) is 41.5 Å². The highest BCUT2D eigenvalue weighted by molar-refractivity contribution is 7.09. The number of carbonyl (C=O) groups excluding carboxylic acids is 1. The number of benzene rings is 1. The lowest BCUT2D eigenvalue weighted by molar-refractivity contribution is -0.120.